The summed E-state index contributed by atoms with van der Waals surface area (Å²) in [5.74, 6) is -0.707. The van der Waals surface area contributed by atoms with Crippen molar-refractivity contribution in [3.05, 3.63) is 63.1 Å². The average molecular weight is 644 g/mol. The van der Waals surface area contributed by atoms with Crippen LogP contribution in [0.25, 0.3) is 0 Å². The predicted octanol–water partition coefficient (Wildman–Crippen LogP) is 6.78. The lowest BCUT2D eigenvalue weighted by molar-refractivity contribution is 0.0943. The normalized spacial score (nSPS) is 13.8. The number of ether oxygens (including phenoxy) is 1. The third-order valence-corrected chi connectivity index (χ3v) is 13.0. The highest BCUT2D eigenvalue weighted by Crippen LogP contribution is 2.37. The number of nitriles is 1. The van der Waals surface area contributed by atoms with E-state index in [1.54, 1.807) is 37.3 Å². The van der Waals surface area contributed by atoms with Crippen LogP contribution in [0.1, 0.15) is 61.5 Å². The van der Waals surface area contributed by atoms with Crippen LogP contribution in [0.5, 0.6) is 5.75 Å². The Hall–Kier alpha value is -2.13. The van der Waals surface area contributed by atoms with E-state index in [4.69, 9.17) is 36.5 Å². The van der Waals surface area contributed by atoms with Crippen molar-refractivity contribution >= 4 is 47.5 Å². The zero-order chi connectivity index (χ0) is 31.0. The van der Waals surface area contributed by atoms with Crippen LogP contribution < -0.4 is 10.1 Å². The molecular weight excluding hydrogens is 603 g/mol. The molecule has 0 bridgehead atoms. The van der Waals surface area contributed by atoms with E-state index in [1.165, 1.54) is 0 Å². The maximum atomic E-state index is 13.4. The molecule has 12 heteroatoms. The van der Waals surface area contributed by atoms with Crippen LogP contribution >= 0.6 is 23.2 Å². The molecule has 0 radical (unpaired) electrons. The van der Waals surface area contributed by atoms with Crippen LogP contribution in [0, 0.1) is 17.2 Å². The molecule has 8 nitrogen and oxygen atoms in total. The summed E-state index contributed by atoms with van der Waals surface area (Å²) in [6, 6.07) is 12.2. The van der Waals surface area contributed by atoms with Gasteiger partial charge in [0.25, 0.3) is 16.0 Å². The zero-order valence-electron chi connectivity index (χ0n) is 24.7. The van der Waals surface area contributed by atoms with Gasteiger partial charge in [0.05, 0.1) is 40.6 Å². The lowest BCUT2D eigenvalue weighted by Gasteiger charge is -2.36. The molecule has 0 aliphatic heterocycles. The summed E-state index contributed by atoms with van der Waals surface area (Å²) in [5, 5.41) is 13.6. The molecule has 41 heavy (non-hydrogen) atoms. The fourth-order valence-electron chi connectivity index (χ4n) is 3.61. The third-order valence-electron chi connectivity index (χ3n) is 7.12. The number of nitrogens with zero attached hydrogens (tertiary/aromatic N) is 1. The molecule has 0 saturated carbocycles. The average Bonchev–Trinajstić information content (AvgIpc) is 2.88. The second-order valence-electron chi connectivity index (χ2n) is 11.7. The Labute approximate surface area is 255 Å². The lowest BCUT2D eigenvalue weighted by Crippen LogP contribution is -2.41. The topological polar surface area (TPSA) is 115 Å². The summed E-state index contributed by atoms with van der Waals surface area (Å²) in [6.07, 6.45) is 1.61. The SMILES string of the molecule is C[C@@H](COc1c(C#N)cccc1C(=O)NC[C@@H](CCO[Si](C)(C)C(C)(C)C)c1ccc(Cl)c(Cl)c1)COS(C)(=O)=O. The molecule has 2 aromatic rings. The van der Waals surface area contributed by atoms with Gasteiger partial charge in [-0.05, 0) is 54.4 Å². The first-order valence-electron chi connectivity index (χ1n) is 13.3. The number of hydrogen-bond donors (Lipinski definition) is 1. The highest BCUT2D eigenvalue weighted by molar-refractivity contribution is 7.85. The molecule has 2 aromatic carbocycles. The van der Waals surface area contributed by atoms with Crippen LogP contribution in [-0.2, 0) is 18.7 Å². The first-order chi connectivity index (χ1) is 18.9. The standard InChI is InChI=1S/C29H40Cl2N2O6SSi/c1-20(19-38-40(5,35)36)18-37-27-22(16-32)9-8-10-24(27)28(34)33-17-23(21-11-12-25(30)26(31)15-21)13-14-39-41(6,7)29(2,3)4/h8-12,15,20,23H,13-14,17-19H2,1-7H3,(H,33,34)/t20-,23+/m0/s1. The predicted molar refractivity (Wildman–Crippen MR) is 166 cm³/mol. The van der Waals surface area contributed by atoms with Crippen LogP contribution in [-0.4, -0.2) is 55.3 Å². The lowest BCUT2D eigenvalue weighted by atomic mass is 9.95. The molecule has 0 aliphatic carbocycles. The maximum absolute atomic E-state index is 13.4. The van der Waals surface area contributed by atoms with Crippen molar-refractivity contribution in [1.29, 1.82) is 5.26 Å². The number of nitrogens with one attached hydrogen (secondary N) is 1. The molecule has 226 valence electrons. The Morgan fingerprint density at radius 3 is 2.39 bits per heavy atom. The van der Waals surface area contributed by atoms with E-state index in [2.05, 4.69) is 45.3 Å². The first kappa shape index (κ1) is 35.1. The van der Waals surface area contributed by atoms with E-state index < -0.39 is 24.3 Å². The summed E-state index contributed by atoms with van der Waals surface area (Å²) >= 11 is 12.5. The second kappa shape index (κ2) is 14.9. The first-order valence-corrected chi connectivity index (χ1v) is 18.8. The Balaban J connectivity index is 2.21. The highest BCUT2D eigenvalue weighted by atomic mass is 35.5. The number of carbonyl (C=O) groups excluding carboxylic acids is 1. The van der Waals surface area contributed by atoms with E-state index in [1.807, 2.05) is 6.07 Å². The van der Waals surface area contributed by atoms with Gasteiger partial charge < -0.3 is 14.5 Å². The molecule has 1 amide bonds. The number of carbonyl (C=O) groups is 1. The largest absolute Gasteiger partial charge is 0.491 e. The van der Waals surface area contributed by atoms with Crippen molar-refractivity contribution in [1.82, 2.24) is 5.32 Å². The van der Waals surface area contributed by atoms with Crippen LogP contribution in [0.4, 0.5) is 0 Å². The molecule has 0 unspecified atom stereocenters. The highest BCUT2D eigenvalue weighted by Gasteiger charge is 2.37. The van der Waals surface area contributed by atoms with E-state index in [0.29, 0.717) is 23.1 Å². The second-order valence-corrected chi connectivity index (χ2v) is 18.9. The number of para-hydroxylation sites is 1. The Kier molecular flexibility index (Phi) is 12.7. The van der Waals surface area contributed by atoms with Crippen molar-refractivity contribution in [2.24, 2.45) is 5.92 Å². The smallest absolute Gasteiger partial charge is 0.264 e. The van der Waals surface area contributed by atoms with Gasteiger partial charge in [0, 0.05) is 25.0 Å². The molecule has 2 atom stereocenters. The fraction of sp³-hybridized carbons (Fsp3) is 0.517. The monoisotopic (exact) mass is 642 g/mol. The number of amides is 1. The number of hydrogen-bond acceptors (Lipinski definition) is 7. The van der Waals surface area contributed by atoms with Crippen molar-refractivity contribution < 1.29 is 26.6 Å². The van der Waals surface area contributed by atoms with E-state index in [9.17, 15) is 18.5 Å². The minimum absolute atomic E-state index is 0.0468. The molecule has 1 N–H and O–H groups in total. The van der Waals surface area contributed by atoms with Gasteiger partial charge in [0.15, 0.2) is 8.32 Å². The van der Waals surface area contributed by atoms with E-state index in [-0.39, 0.29) is 53.5 Å². The van der Waals surface area contributed by atoms with Crippen molar-refractivity contribution in [2.75, 3.05) is 32.6 Å². The van der Waals surface area contributed by atoms with Crippen LogP contribution in [0.15, 0.2) is 36.4 Å². The van der Waals surface area contributed by atoms with Gasteiger partial charge in [-0.3, -0.25) is 8.98 Å². The van der Waals surface area contributed by atoms with Gasteiger partial charge in [-0.15, -0.1) is 0 Å². The van der Waals surface area contributed by atoms with Crippen molar-refractivity contribution in [3.63, 3.8) is 0 Å². The summed E-state index contributed by atoms with van der Waals surface area (Å²) in [5.41, 5.74) is 1.31. The van der Waals surface area contributed by atoms with Gasteiger partial charge in [-0.25, -0.2) is 0 Å². The summed E-state index contributed by atoms with van der Waals surface area (Å²) in [4.78, 5) is 13.4. The van der Waals surface area contributed by atoms with Gasteiger partial charge in [0.2, 0.25) is 0 Å². The zero-order valence-corrected chi connectivity index (χ0v) is 28.0. The van der Waals surface area contributed by atoms with Crippen LogP contribution in [0.2, 0.25) is 28.2 Å². The molecule has 0 aromatic heterocycles. The summed E-state index contributed by atoms with van der Waals surface area (Å²) in [6.45, 7) is 13.5. The van der Waals surface area contributed by atoms with Gasteiger partial charge in [-0.1, -0.05) is 63.0 Å². The van der Waals surface area contributed by atoms with Gasteiger partial charge in [-0.2, -0.15) is 13.7 Å². The summed E-state index contributed by atoms with van der Waals surface area (Å²) < 4.78 is 39.7. The molecule has 2 rings (SSSR count). The molecule has 0 aliphatic rings. The van der Waals surface area contributed by atoms with Crippen molar-refractivity contribution in [2.45, 2.75) is 58.2 Å². The Bertz CT molecular complexity index is 1360. The Morgan fingerprint density at radius 2 is 1.80 bits per heavy atom. The van der Waals surface area contributed by atoms with E-state index >= 15 is 0 Å². The number of halogens is 2. The number of benzene rings is 2. The molecule has 0 heterocycles. The maximum Gasteiger partial charge on any atom is 0.264 e. The summed E-state index contributed by atoms with van der Waals surface area (Å²) in [7, 11) is -5.56. The minimum atomic E-state index is -3.60. The van der Waals surface area contributed by atoms with Gasteiger partial charge in [0.1, 0.15) is 11.8 Å². The molecule has 0 saturated heterocycles. The van der Waals surface area contributed by atoms with Gasteiger partial charge >= 0.3 is 0 Å². The van der Waals surface area contributed by atoms with E-state index in [0.717, 1.165) is 11.8 Å². The third kappa shape index (κ3) is 10.9. The quantitative estimate of drug-likeness (QED) is 0.178. The fourth-order valence-corrected chi connectivity index (χ4v) is 5.46. The minimum Gasteiger partial charge on any atom is -0.491 e. The van der Waals surface area contributed by atoms with Crippen molar-refractivity contribution in [3.8, 4) is 11.8 Å². The number of rotatable bonds is 14. The molecule has 0 spiro atoms. The molecular formula is C29H40Cl2N2O6SSi. The Morgan fingerprint density at radius 1 is 1.12 bits per heavy atom. The van der Waals surface area contributed by atoms with Crippen LogP contribution in [0.3, 0.4) is 0 Å². The molecule has 0 fully saturated rings.